The van der Waals surface area contributed by atoms with Crippen LogP contribution in [0.5, 0.6) is 5.75 Å². The van der Waals surface area contributed by atoms with E-state index in [2.05, 4.69) is 15.5 Å². The highest BCUT2D eigenvalue weighted by Gasteiger charge is 2.23. The smallest absolute Gasteiger partial charge is 0.230 e. The number of carbonyl (C=O) groups is 1. The molecule has 3 aromatic rings. The maximum Gasteiger partial charge on any atom is 0.230 e. The van der Waals surface area contributed by atoms with Crippen molar-refractivity contribution in [2.45, 2.75) is 44.4 Å². The average Bonchev–Trinajstić information content (AvgIpc) is 3.44. The van der Waals surface area contributed by atoms with Gasteiger partial charge in [-0.25, -0.2) is 0 Å². The SMILES string of the molecule is COc1ccc(CCC(=O)Nc2cccc(-c3noc(C4CCCC4)n3)c2)cc1. The first-order valence-corrected chi connectivity index (χ1v) is 10.1. The predicted molar refractivity (Wildman–Crippen MR) is 111 cm³/mol. The van der Waals surface area contributed by atoms with E-state index in [1.165, 1.54) is 12.8 Å². The molecule has 1 aromatic heterocycles. The number of benzene rings is 2. The van der Waals surface area contributed by atoms with Crippen molar-refractivity contribution in [3.05, 3.63) is 60.0 Å². The Morgan fingerprint density at radius 2 is 1.97 bits per heavy atom. The molecule has 0 unspecified atom stereocenters. The first kappa shape index (κ1) is 19.2. The summed E-state index contributed by atoms with van der Waals surface area (Å²) in [6.45, 7) is 0. The molecule has 0 saturated heterocycles. The Kier molecular flexibility index (Phi) is 5.89. The fourth-order valence-corrected chi connectivity index (χ4v) is 3.70. The number of carbonyl (C=O) groups excluding carboxylic acids is 1. The molecule has 6 nitrogen and oxygen atoms in total. The third-order valence-corrected chi connectivity index (χ3v) is 5.35. The lowest BCUT2D eigenvalue weighted by atomic mass is 10.1. The minimum absolute atomic E-state index is 0.0299. The lowest BCUT2D eigenvalue weighted by molar-refractivity contribution is -0.116. The van der Waals surface area contributed by atoms with Crippen molar-refractivity contribution in [1.82, 2.24) is 10.1 Å². The van der Waals surface area contributed by atoms with Crippen LogP contribution in [0.2, 0.25) is 0 Å². The van der Waals surface area contributed by atoms with Crippen LogP contribution >= 0.6 is 0 Å². The van der Waals surface area contributed by atoms with E-state index in [4.69, 9.17) is 9.26 Å². The molecule has 0 aliphatic heterocycles. The van der Waals surface area contributed by atoms with Gasteiger partial charge >= 0.3 is 0 Å². The topological polar surface area (TPSA) is 77.2 Å². The number of hydrogen-bond donors (Lipinski definition) is 1. The highest BCUT2D eigenvalue weighted by atomic mass is 16.5. The Labute approximate surface area is 170 Å². The van der Waals surface area contributed by atoms with E-state index >= 15 is 0 Å². The molecule has 29 heavy (non-hydrogen) atoms. The Morgan fingerprint density at radius 3 is 2.72 bits per heavy atom. The first-order valence-electron chi connectivity index (χ1n) is 10.1. The van der Waals surface area contributed by atoms with E-state index in [1.54, 1.807) is 7.11 Å². The number of hydrogen-bond acceptors (Lipinski definition) is 5. The number of ether oxygens (including phenoxy) is 1. The van der Waals surface area contributed by atoms with Gasteiger partial charge in [0.1, 0.15) is 5.75 Å². The molecule has 2 aromatic carbocycles. The van der Waals surface area contributed by atoms with Gasteiger partial charge in [-0.05, 0) is 49.1 Å². The van der Waals surface area contributed by atoms with E-state index in [0.717, 1.165) is 41.3 Å². The lowest BCUT2D eigenvalue weighted by Gasteiger charge is -2.07. The van der Waals surface area contributed by atoms with Gasteiger partial charge in [0.15, 0.2) is 0 Å². The molecule has 1 aliphatic carbocycles. The third kappa shape index (κ3) is 4.83. The van der Waals surface area contributed by atoms with Crippen LogP contribution in [0.1, 0.15) is 49.5 Å². The number of aryl methyl sites for hydroxylation is 1. The van der Waals surface area contributed by atoms with E-state index in [0.29, 0.717) is 24.6 Å². The summed E-state index contributed by atoms with van der Waals surface area (Å²) in [4.78, 5) is 16.9. The zero-order valence-electron chi connectivity index (χ0n) is 16.6. The van der Waals surface area contributed by atoms with Gasteiger partial charge in [0, 0.05) is 23.6 Å². The van der Waals surface area contributed by atoms with Crippen molar-refractivity contribution >= 4 is 11.6 Å². The minimum Gasteiger partial charge on any atom is -0.497 e. The quantitative estimate of drug-likeness (QED) is 0.615. The Bertz CT molecular complexity index is 960. The summed E-state index contributed by atoms with van der Waals surface area (Å²) in [5, 5.41) is 7.09. The zero-order chi connectivity index (χ0) is 20.1. The largest absolute Gasteiger partial charge is 0.497 e. The van der Waals surface area contributed by atoms with Gasteiger partial charge in [-0.2, -0.15) is 4.98 Å². The fraction of sp³-hybridized carbons (Fsp3) is 0.348. The van der Waals surface area contributed by atoms with Crippen molar-refractivity contribution in [2.24, 2.45) is 0 Å². The minimum atomic E-state index is -0.0299. The van der Waals surface area contributed by atoms with Crippen LogP contribution in [0.3, 0.4) is 0 Å². The number of methoxy groups -OCH3 is 1. The normalized spacial score (nSPS) is 14.1. The summed E-state index contributed by atoms with van der Waals surface area (Å²) in [5.74, 6) is 2.47. The van der Waals surface area contributed by atoms with Crippen LogP contribution < -0.4 is 10.1 Å². The van der Waals surface area contributed by atoms with Gasteiger partial charge in [0.25, 0.3) is 0 Å². The van der Waals surface area contributed by atoms with E-state index in [-0.39, 0.29) is 5.91 Å². The van der Waals surface area contributed by atoms with Gasteiger partial charge in [0.05, 0.1) is 7.11 Å². The summed E-state index contributed by atoms with van der Waals surface area (Å²) >= 11 is 0. The maximum absolute atomic E-state index is 12.3. The lowest BCUT2D eigenvalue weighted by Crippen LogP contribution is -2.12. The summed E-state index contributed by atoms with van der Waals surface area (Å²) in [6.07, 6.45) is 5.76. The molecule has 0 bridgehead atoms. The van der Waals surface area contributed by atoms with Crippen LogP contribution in [0.25, 0.3) is 11.4 Å². The average molecular weight is 391 g/mol. The van der Waals surface area contributed by atoms with Crippen molar-refractivity contribution < 1.29 is 14.1 Å². The first-order chi connectivity index (χ1) is 14.2. The highest BCUT2D eigenvalue weighted by molar-refractivity contribution is 5.91. The van der Waals surface area contributed by atoms with E-state index in [9.17, 15) is 4.79 Å². The van der Waals surface area contributed by atoms with Gasteiger partial charge < -0.3 is 14.6 Å². The van der Waals surface area contributed by atoms with Gasteiger partial charge in [-0.3, -0.25) is 4.79 Å². The summed E-state index contributed by atoms with van der Waals surface area (Å²) in [7, 11) is 1.64. The van der Waals surface area contributed by atoms with Crippen LogP contribution in [-0.4, -0.2) is 23.2 Å². The van der Waals surface area contributed by atoms with Gasteiger partial charge in [-0.15, -0.1) is 0 Å². The molecule has 1 amide bonds. The molecule has 0 atom stereocenters. The van der Waals surface area contributed by atoms with E-state index in [1.807, 2.05) is 48.5 Å². The van der Waals surface area contributed by atoms with E-state index < -0.39 is 0 Å². The van der Waals surface area contributed by atoms with Crippen LogP contribution in [0.15, 0.2) is 53.1 Å². The number of amides is 1. The van der Waals surface area contributed by atoms with Crippen LogP contribution in [0.4, 0.5) is 5.69 Å². The summed E-state index contributed by atoms with van der Waals surface area (Å²) in [6, 6.07) is 15.3. The maximum atomic E-state index is 12.3. The second-order valence-corrected chi connectivity index (χ2v) is 7.41. The predicted octanol–water partition coefficient (Wildman–Crippen LogP) is 4.97. The molecule has 1 aliphatic rings. The fourth-order valence-electron chi connectivity index (χ4n) is 3.70. The molecule has 1 N–H and O–H groups in total. The Hall–Kier alpha value is -3.15. The highest BCUT2D eigenvalue weighted by Crippen LogP contribution is 2.34. The van der Waals surface area contributed by atoms with Crippen molar-refractivity contribution in [3.63, 3.8) is 0 Å². The Balaban J connectivity index is 1.36. The number of rotatable bonds is 7. The molecule has 150 valence electrons. The van der Waals surface area contributed by atoms with Crippen LogP contribution in [-0.2, 0) is 11.2 Å². The number of aromatic nitrogens is 2. The summed E-state index contributed by atoms with van der Waals surface area (Å²) < 4.78 is 10.6. The zero-order valence-corrected chi connectivity index (χ0v) is 16.6. The summed E-state index contributed by atoms with van der Waals surface area (Å²) in [5.41, 5.74) is 2.67. The molecule has 1 heterocycles. The van der Waals surface area contributed by atoms with Crippen LogP contribution in [0, 0.1) is 0 Å². The monoisotopic (exact) mass is 391 g/mol. The van der Waals surface area contributed by atoms with Crippen molar-refractivity contribution in [2.75, 3.05) is 12.4 Å². The molecule has 1 saturated carbocycles. The standard InChI is InChI=1S/C23H25N3O3/c1-28-20-12-9-16(10-13-20)11-14-21(27)24-19-8-4-7-18(15-19)22-25-23(29-26-22)17-5-2-3-6-17/h4,7-10,12-13,15,17H,2-3,5-6,11,14H2,1H3,(H,24,27). The molecular formula is C23H25N3O3. The number of nitrogens with zero attached hydrogens (tertiary/aromatic N) is 2. The van der Waals surface area contributed by atoms with Crippen molar-refractivity contribution in [1.29, 1.82) is 0 Å². The second kappa shape index (κ2) is 8.90. The number of anilines is 1. The molecule has 1 fully saturated rings. The Morgan fingerprint density at radius 1 is 1.17 bits per heavy atom. The number of nitrogens with one attached hydrogen (secondary N) is 1. The molecular weight excluding hydrogens is 366 g/mol. The third-order valence-electron chi connectivity index (χ3n) is 5.35. The molecule has 6 heteroatoms. The van der Waals surface area contributed by atoms with Gasteiger partial charge in [-0.1, -0.05) is 42.3 Å². The van der Waals surface area contributed by atoms with Crippen molar-refractivity contribution in [3.8, 4) is 17.1 Å². The molecule has 0 radical (unpaired) electrons. The molecule has 0 spiro atoms. The van der Waals surface area contributed by atoms with Gasteiger partial charge in [0.2, 0.25) is 17.6 Å². The molecule has 4 rings (SSSR count). The second-order valence-electron chi connectivity index (χ2n) is 7.41.